The van der Waals surface area contributed by atoms with Crippen molar-refractivity contribution in [3.63, 3.8) is 0 Å². The van der Waals surface area contributed by atoms with Gasteiger partial charge in [0.15, 0.2) is 0 Å². The van der Waals surface area contributed by atoms with Gasteiger partial charge in [-0.15, -0.1) is 0 Å². The molecule has 178 valence electrons. The number of aromatic nitrogens is 1. The van der Waals surface area contributed by atoms with Gasteiger partial charge in [-0.25, -0.2) is 4.98 Å². The summed E-state index contributed by atoms with van der Waals surface area (Å²) in [5.41, 5.74) is 6.36. The largest absolute Gasteiger partial charge is 0.395 e. The lowest BCUT2D eigenvalue weighted by molar-refractivity contribution is -0.105. The van der Waals surface area contributed by atoms with Crippen LogP contribution in [0.5, 0.6) is 0 Å². The standard InChI is InChI=1S/C29H35N3O2/c1-6-10-27(30-8-3)25-13-14-26(31-28(25)15-16-29(19-33)20-34-21-29)24-12-9-11-23(17-24)22(7-2)18-32(4)5/h6-7,9-18,33H,2,8,19-21H2,1,3-5H3/b10-6-,16-15+,22-18+,30-27+. The summed E-state index contributed by atoms with van der Waals surface area (Å²) in [6, 6.07) is 12.4. The Hall–Kier alpha value is -3.28. The van der Waals surface area contributed by atoms with Crippen molar-refractivity contribution in [2.75, 3.05) is 40.5 Å². The fourth-order valence-corrected chi connectivity index (χ4v) is 3.78. The third-order valence-electron chi connectivity index (χ3n) is 5.65. The number of ether oxygens (including phenoxy) is 1. The Morgan fingerprint density at radius 2 is 2.06 bits per heavy atom. The van der Waals surface area contributed by atoms with Gasteiger partial charge in [-0.2, -0.15) is 0 Å². The number of hydrogen-bond acceptors (Lipinski definition) is 5. The fourth-order valence-electron chi connectivity index (χ4n) is 3.78. The van der Waals surface area contributed by atoms with E-state index < -0.39 is 0 Å². The second-order valence-electron chi connectivity index (χ2n) is 8.67. The lowest BCUT2D eigenvalue weighted by Gasteiger charge is -2.37. The number of rotatable bonds is 10. The molecule has 1 aromatic heterocycles. The van der Waals surface area contributed by atoms with Crippen LogP contribution in [-0.4, -0.2) is 61.2 Å². The molecule has 2 aromatic rings. The van der Waals surface area contributed by atoms with E-state index in [-0.39, 0.29) is 12.0 Å². The fraction of sp³-hybridized carbons (Fsp3) is 0.310. The summed E-state index contributed by atoms with van der Waals surface area (Å²) >= 11 is 0. The molecule has 1 saturated heterocycles. The van der Waals surface area contributed by atoms with E-state index in [1.807, 2.05) is 75.4 Å². The Labute approximate surface area is 203 Å². The molecule has 1 aromatic carbocycles. The minimum absolute atomic E-state index is 0.0495. The van der Waals surface area contributed by atoms with Crippen LogP contribution in [0.3, 0.4) is 0 Å². The molecule has 0 bridgehead atoms. The van der Waals surface area contributed by atoms with Crippen molar-refractivity contribution in [1.29, 1.82) is 0 Å². The summed E-state index contributed by atoms with van der Waals surface area (Å²) in [6.45, 7) is 9.75. The molecular weight excluding hydrogens is 422 g/mol. The predicted molar refractivity (Wildman–Crippen MR) is 143 cm³/mol. The zero-order valence-electron chi connectivity index (χ0n) is 20.7. The molecule has 1 aliphatic heterocycles. The molecule has 1 N–H and O–H groups in total. The third-order valence-corrected chi connectivity index (χ3v) is 5.65. The highest BCUT2D eigenvalue weighted by Gasteiger charge is 2.35. The summed E-state index contributed by atoms with van der Waals surface area (Å²) in [7, 11) is 4.00. The molecule has 0 radical (unpaired) electrons. The summed E-state index contributed by atoms with van der Waals surface area (Å²) in [6.07, 6.45) is 11.9. The van der Waals surface area contributed by atoms with E-state index in [1.165, 1.54) is 0 Å². The second kappa shape index (κ2) is 11.7. The molecule has 5 heteroatoms. The monoisotopic (exact) mass is 457 g/mol. The molecule has 0 amide bonds. The number of aliphatic hydroxyl groups is 1. The normalized spacial score (nSPS) is 16.1. The Morgan fingerprint density at radius 3 is 2.65 bits per heavy atom. The van der Waals surface area contributed by atoms with Crippen molar-refractivity contribution >= 4 is 17.4 Å². The summed E-state index contributed by atoms with van der Waals surface area (Å²) < 4.78 is 5.36. The Balaban J connectivity index is 2.10. The van der Waals surface area contributed by atoms with Crippen molar-refractivity contribution in [2.24, 2.45) is 10.4 Å². The number of pyridine rings is 1. The van der Waals surface area contributed by atoms with Crippen molar-refractivity contribution in [3.8, 4) is 11.3 Å². The first-order valence-electron chi connectivity index (χ1n) is 11.6. The highest BCUT2D eigenvalue weighted by Crippen LogP contribution is 2.30. The van der Waals surface area contributed by atoms with Crippen molar-refractivity contribution in [2.45, 2.75) is 13.8 Å². The van der Waals surface area contributed by atoms with Crippen LogP contribution in [-0.2, 0) is 4.74 Å². The van der Waals surface area contributed by atoms with Gasteiger partial charge >= 0.3 is 0 Å². The van der Waals surface area contributed by atoms with Crippen LogP contribution in [0.1, 0.15) is 30.7 Å². The van der Waals surface area contributed by atoms with Gasteiger partial charge in [0.25, 0.3) is 0 Å². The molecular formula is C29H35N3O2. The van der Waals surface area contributed by atoms with Gasteiger partial charge in [0.05, 0.1) is 42.3 Å². The quantitative estimate of drug-likeness (QED) is 0.391. The van der Waals surface area contributed by atoms with Crippen LogP contribution in [0.25, 0.3) is 22.9 Å². The number of nitrogens with zero attached hydrogens (tertiary/aromatic N) is 3. The van der Waals surface area contributed by atoms with Crippen molar-refractivity contribution in [1.82, 2.24) is 9.88 Å². The number of benzene rings is 1. The zero-order valence-corrected chi connectivity index (χ0v) is 20.7. The smallest absolute Gasteiger partial charge is 0.0728 e. The number of allylic oxidation sites excluding steroid dienone is 4. The number of aliphatic imine (C=N–C) groups is 1. The molecule has 1 aliphatic rings. The molecule has 3 rings (SSSR count). The van der Waals surface area contributed by atoms with Crippen LogP contribution in [0.2, 0.25) is 0 Å². The van der Waals surface area contributed by atoms with E-state index in [0.717, 1.165) is 39.4 Å². The molecule has 2 heterocycles. The molecule has 0 spiro atoms. The van der Waals surface area contributed by atoms with Gasteiger partial charge in [-0.3, -0.25) is 4.99 Å². The van der Waals surface area contributed by atoms with Crippen LogP contribution in [0.15, 0.2) is 78.5 Å². The Kier molecular flexibility index (Phi) is 8.74. The average molecular weight is 458 g/mol. The molecule has 0 unspecified atom stereocenters. The molecule has 1 fully saturated rings. The van der Waals surface area contributed by atoms with Crippen LogP contribution in [0.4, 0.5) is 0 Å². The number of aliphatic hydroxyl groups excluding tert-OH is 1. The maximum atomic E-state index is 9.86. The number of hydrogen-bond donors (Lipinski definition) is 1. The SMILES string of the molecule is C=C/C(=C\N(C)C)c1cccc(-c2ccc(C(/C=C\C)=N/CC)c(/C=C/C3(CO)COC3)n2)c1. The molecule has 0 atom stereocenters. The average Bonchev–Trinajstić information content (AvgIpc) is 2.82. The summed E-state index contributed by atoms with van der Waals surface area (Å²) in [5, 5.41) is 9.86. The topological polar surface area (TPSA) is 58.0 Å². The van der Waals surface area contributed by atoms with Crippen molar-refractivity contribution in [3.05, 3.63) is 90.3 Å². The molecule has 5 nitrogen and oxygen atoms in total. The van der Waals surface area contributed by atoms with Gasteiger partial charge in [0, 0.05) is 38.0 Å². The van der Waals surface area contributed by atoms with Crippen molar-refractivity contribution < 1.29 is 9.84 Å². The predicted octanol–water partition coefficient (Wildman–Crippen LogP) is 5.24. The van der Waals surface area contributed by atoms with Crippen LogP contribution >= 0.6 is 0 Å². The zero-order chi connectivity index (χ0) is 24.6. The highest BCUT2D eigenvalue weighted by molar-refractivity contribution is 6.10. The summed E-state index contributed by atoms with van der Waals surface area (Å²) in [4.78, 5) is 11.7. The maximum Gasteiger partial charge on any atom is 0.0728 e. The molecule has 0 saturated carbocycles. The van der Waals surface area contributed by atoms with E-state index in [0.29, 0.717) is 19.8 Å². The van der Waals surface area contributed by atoms with E-state index >= 15 is 0 Å². The van der Waals surface area contributed by atoms with Gasteiger partial charge < -0.3 is 14.7 Å². The third kappa shape index (κ3) is 5.99. The minimum atomic E-state index is -0.340. The maximum absolute atomic E-state index is 9.86. The second-order valence-corrected chi connectivity index (χ2v) is 8.67. The lowest BCUT2D eigenvalue weighted by atomic mass is 9.86. The van der Waals surface area contributed by atoms with Gasteiger partial charge in [-0.05, 0) is 55.3 Å². The van der Waals surface area contributed by atoms with Crippen LogP contribution < -0.4 is 0 Å². The Morgan fingerprint density at radius 1 is 1.26 bits per heavy atom. The first kappa shape index (κ1) is 25.3. The summed E-state index contributed by atoms with van der Waals surface area (Å²) in [5.74, 6) is 0. The first-order chi connectivity index (χ1) is 16.4. The molecule has 0 aliphatic carbocycles. The van der Waals surface area contributed by atoms with E-state index in [9.17, 15) is 5.11 Å². The van der Waals surface area contributed by atoms with Crippen LogP contribution in [0, 0.1) is 5.41 Å². The Bertz CT molecular complexity index is 1120. The lowest BCUT2D eigenvalue weighted by Crippen LogP contribution is -2.43. The van der Waals surface area contributed by atoms with E-state index in [1.54, 1.807) is 0 Å². The first-order valence-corrected chi connectivity index (χ1v) is 11.6. The van der Waals surface area contributed by atoms with E-state index in [2.05, 4.69) is 42.0 Å². The highest BCUT2D eigenvalue weighted by atomic mass is 16.5. The molecule has 34 heavy (non-hydrogen) atoms. The van der Waals surface area contributed by atoms with Gasteiger partial charge in [0.1, 0.15) is 0 Å². The van der Waals surface area contributed by atoms with E-state index in [4.69, 9.17) is 9.72 Å². The van der Waals surface area contributed by atoms with Gasteiger partial charge in [0.2, 0.25) is 0 Å². The van der Waals surface area contributed by atoms with Gasteiger partial charge in [-0.1, -0.05) is 43.0 Å². The minimum Gasteiger partial charge on any atom is -0.395 e.